The van der Waals surface area contributed by atoms with Crippen molar-refractivity contribution in [2.45, 2.75) is 19.4 Å². The van der Waals surface area contributed by atoms with Crippen molar-refractivity contribution in [1.82, 2.24) is 4.98 Å². The van der Waals surface area contributed by atoms with Crippen LogP contribution < -0.4 is 5.32 Å². The highest BCUT2D eigenvalue weighted by molar-refractivity contribution is 5.67. The number of aromatic nitrogens is 1. The molecule has 0 saturated carbocycles. The van der Waals surface area contributed by atoms with E-state index in [1.807, 2.05) is 31.2 Å². The zero-order valence-electron chi connectivity index (χ0n) is 11.5. The Balaban J connectivity index is 2.14. The maximum Gasteiger partial charge on any atom is 0.311 e. The molecule has 0 saturated heterocycles. The first-order valence-electron chi connectivity index (χ1n) is 6.47. The van der Waals surface area contributed by atoms with Gasteiger partial charge in [0.2, 0.25) is 5.82 Å². The Labute approximate surface area is 122 Å². The highest BCUT2D eigenvalue weighted by Crippen LogP contribution is 2.21. The Bertz CT molecular complexity index is 641. The SMILES string of the molecule is Cc1ccc(C[C@@H](C=O)Nc2ncccc2[N+](=O)[O-])cc1. The number of hydrogen-bond acceptors (Lipinski definition) is 5. The van der Waals surface area contributed by atoms with Crippen molar-refractivity contribution in [2.75, 3.05) is 5.32 Å². The maximum atomic E-state index is 11.2. The van der Waals surface area contributed by atoms with E-state index in [1.165, 1.54) is 18.3 Å². The van der Waals surface area contributed by atoms with Crippen molar-refractivity contribution in [3.8, 4) is 0 Å². The van der Waals surface area contributed by atoms with E-state index in [-0.39, 0.29) is 11.5 Å². The van der Waals surface area contributed by atoms with Crippen molar-refractivity contribution in [3.05, 3.63) is 63.8 Å². The van der Waals surface area contributed by atoms with Crippen LogP contribution in [0.4, 0.5) is 11.5 Å². The van der Waals surface area contributed by atoms with Crippen LogP contribution in [0.2, 0.25) is 0 Å². The summed E-state index contributed by atoms with van der Waals surface area (Å²) in [5, 5.41) is 13.7. The Hall–Kier alpha value is -2.76. The average molecular weight is 285 g/mol. The molecule has 0 fully saturated rings. The number of pyridine rings is 1. The number of hydrogen-bond donors (Lipinski definition) is 1. The molecule has 2 aromatic rings. The van der Waals surface area contributed by atoms with E-state index in [4.69, 9.17) is 0 Å². The average Bonchev–Trinajstić information content (AvgIpc) is 2.49. The molecule has 1 heterocycles. The fraction of sp³-hybridized carbons (Fsp3) is 0.200. The van der Waals surface area contributed by atoms with Gasteiger partial charge < -0.3 is 10.1 Å². The fourth-order valence-corrected chi connectivity index (χ4v) is 1.94. The van der Waals surface area contributed by atoms with Gasteiger partial charge in [0.15, 0.2) is 0 Å². The number of nitrogens with one attached hydrogen (secondary N) is 1. The lowest BCUT2D eigenvalue weighted by Crippen LogP contribution is -2.24. The predicted molar refractivity (Wildman–Crippen MR) is 79.2 cm³/mol. The van der Waals surface area contributed by atoms with Crippen LogP contribution in [0.1, 0.15) is 11.1 Å². The zero-order valence-corrected chi connectivity index (χ0v) is 11.5. The second-order valence-corrected chi connectivity index (χ2v) is 4.70. The number of carbonyl (C=O) groups excluding carboxylic acids is 1. The molecular formula is C15H15N3O3. The van der Waals surface area contributed by atoms with Crippen LogP contribution in [0.15, 0.2) is 42.6 Å². The summed E-state index contributed by atoms with van der Waals surface area (Å²) in [7, 11) is 0. The number of nitro groups is 1. The first-order chi connectivity index (χ1) is 10.1. The number of anilines is 1. The van der Waals surface area contributed by atoms with Gasteiger partial charge in [0.05, 0.1) is 11.0 Å². The number of aryl methyl sites for hydroxylation is 1. The molecule has 108 valence electrons. The van der Waals surface area contributed by atoms with E-state index in [0.29, 0.717) is 6.42 Å². The summed E-state index contributed by atoms with van der Waals surface area (Å²) >= 11 is 0. The highest BCUT2D eigenvalue weighted by atomic mass is 16.6. The Morgan fingerprint density at radius 1 is 1.33 bits per heavy atom. The molecule has 0 aliphatic carbocycles. The van der Waals surface area contributed by atoms with Gasteiger partial charge in [0.25, 0.3) is 0 Å². The largest absolute Gasteiger partial charge is 0.354 e. The van der Waals surface area contributed by atoms with Crippen molar-refractivity contribution < 1.29 is 9.72 Å². The summed E-state index contributed by atoms with van der Waals surface area (Å²) in [6, 6.07) is 10.0. The lowest BCUT2D eigenvalue weighted by Gasteiger charge is -2.13. The minimum atomic E-state index is -0.568. The standard InChI is InChI=1S/C15H15N3O3/c1-11-4-6-12(7-5-11)9-13(10-19)17-15-14(18(20)21)3-2-8-16-15/h2-8,10,13H,9H2,1H3,(H,16,17)/t13-/m0/s1. The Morgan fingerprint density at radius 2 is 2.05 bits per heavy atom. The first-order valence-corrected chi connectivity index (χ1v) is 6.47. The number of aldehydes is 1. The van der Waals surface area contributed by atoms with Gasteiger partial charge in [-0.3, -0.25) is 10.1 Å². The maximum absolute atomic E-state index is 11.2. The summed E-state index contributed by atoms with van der Waals surface area (Å²) in [5.41, 5.74) is 1.96. The molecule has 0 aliphatic heterocycles. The number of rotatable bonds is 6. The number of benzene rings is 1. The molecule has 0 unspecified atom stereocenters. The van der Waals surface area contributed by atoms with Crippen LogP contribution in [-0.2, 0) is 11.2 Å². The van der Waals surface area contributed by atoms with Crippen molar-refractivity contribution in [1.29, 1.82) is 0 Å². The van der Waals surface area contributed by atoms with E-state index in [1.54, 1.807) is 0 Å². The van der Waals surface area contributed by atoms with Gasteiger partial charge in [-0.2, -0.15) is 0 Å². The number of nitrogens with zero attached hydrogens (tertiary/aromatic N) is 2. The quantitative estimate of drug-likeness (QED) is 0.501. The lowest BCUT2D eigenvalue weighted by molar-refractivity contribution is -0.384. The fourth-order valence-electron chi connectivity index (χ4n) is 1.94. The molecule has 2 rings (SSSR count). The van der Waals surface area contributed by atoms with E-state index in [2.05, 4.69) is 10.3 Å². The first kappa shape index (κ1) is 14.6. The van der Waals surface area contributed by atoms with Crippen LogP contribution in [0.3, 0.4) is 0 Å². The third kappa shape index (κ3) is 3.85. The molecular weight excluding hydrogens is 270 g/mol. The molecule has 0 radical (unpaired) electrons. The van der Waals surface area contributed by atoms with Gasteiger partial charge in [0.1, 0.15) is 6.29 Å². The summed E-state index contributed by atoms with van der Waals surface area (Å²) in [6.07, 6.45) is 2.62. The third-order valence-electron chi connectivity index (χ3n) is 3.05. The van der Waals surface area contributed by atoms with Gasteiger partial charge in [-0.25, -0.2) is 4.98 Å². The predicted octanol–water partition coefficient (Wildman–Crippen LogP) is 2.52. The Morgan fingerprint density at radius 3 is 2.67 bits per heavy atom. The van der Waals surface area contributed by atoms with E-state index < -0.39 is 11.0 Å². The Kier molecular flexibility index (Phi) is 4.61. The summed E-state index contributed by atoms with van der Waals surface area (Å²) in [4.78, 5) is 25.5. The second-order valence-electron chi connectivity index (χ2n) is 4.70. The van der Waals surface area contributed by atoms with Crippen LogP contribution >= 0.6 is 0 Å². The van der Waals surface area contributed by atoms with Crippen molar-refractivity contribution >= 4 is 17.8 Å². The molecule has 6 heteroatoms. The minimum Gasteiger partial charge on any atom is -0.354 e. The van der Waals surface area contributed by atoms with Crippen molar-refractivity contribution in [3.63, 3.8) is 0 Å². The van der Waals surface area contributed by atoms with E-state index in [9.17, 15) is 14.9 Å². The highest BCUT2D eigenvalue weighted by Gasteiger charge is 2.17. The van der Waals surface area contributed by atoms with Gasteiger partial charge in [-0.15, -0.1) is 0 Å². The lowest BCUT2D eigenvalue weighted by atomic mass is 10.1. The zero-order chi connectivity index (χ0) is 15.2. The molecule has 21 heavy (non-hydrogen) atoms. The molecule has 0 aliphatic rings. The number of carbonyl (C=O) groups is 1. The molecule has 1 aromatic heterocycles. The minimum absolute atomic E-state index is 0.103. The molecule has 0 amide bonds. The molecule has 1 aromatic carbocycles. The summed E-state index contributed by atoms with van der Waals surface area (Å²) in [6.45, 7) is 1.98. The smallest absolute Gasteiger partial charge is 0.311 e. The summed E-state index contributed by atoms with van der Waals surface area (Å²) < 4.78 is 0. The van der Waals surface area contributed by atoms with Crippen LogP contribution in [0, 0.1) is 17.0 Å². The second kappa shape index (κ2) is 6.60. The normalized spacial score (nSPS) is 11.7. The monoisotopic (exact) mass is 285 g/mol. The van der Waals surface area contributed by atoms with Gasteiger partial charge in [-0.1, -0.05) is 29.8 Å². The summed E-state index contributed by atoms with van der Waals surface area (Å²) in [5.74, 6) is 0.103. The molecule has 1 N–H and O–H groups in total. The van der Waals surface area contributed by atoms with Gasteiger partial charge in [0, 0.05) is 12.3 Å². The van der Waals surface area contributed by atoms with Crippen LogP contribution in [-0.4, -0.2) is 22.2 Å². The molecule has 1 atom stereocenters. The van der Waals surface area contributed by atoms with Gasteiger partial charge >= 0.3 is 5.69 Å². The molecule has 0 spiro atoms. The van der Waals surface area contributed by atoms with E-state index >= 15 is 0 Å². The van der Waals surface area contributed by atoms with Crippen molar-refractivity contribution in [2.24, 2.45) is 0 Å². The van der Waals surface area contributed by atoms with E-state index in [0.717, 1.165) is 17.4 Å². The molecule has 0 bridgehead atoms. The van der Waals surface area contributed by atoms with Crippen LogP contribution in [0.25, 0.3) is 0 Å². The third-order valence-corrected chi connectivity index (χ3v) is 3.05. The van der Waals surface area contributed by atoms with Crippen LogP contribution in [0.5, 0.6) is 0 Å². The topological polar surface area (TPSA) is 85.1 Å². The molecule has 6 nitrogen and oxygen atoms in total. The van der Waals surface area contributed by atoms with Gasteiger partial charge in [-0.05, 0) is 25.0 Å².